The normalized spacial score (nSPS) is 12.3. The summed E-state index contributed by atoms with van der Waals surface area (Å²) in [6.07, 6.45) is 3.54. The monoisotopic (exact) mass is 500 g/mol. The molecule has 4 rings (SSSR count). The van der Waals surface area contributed by atoms with Crippen molar-refractivity contribution in [1.82, 2.24) is 0 Å². The van der Waals surface area contributed by atoms with Crippen molar-refractivity contribution in [2.24, 2.45) is 0 Å². The van der Waals surface area contributed by atoms with E-state index in [2.05, 4.69) is 0 Å². The Kier molecular flexibility index (Phi) is 7.44. The van der Waals surface area contributed by atoms with Crippen LogP contribution in [0.5, 0.6) is 0 Å². The Morgan fingerprint density at radius 2 is 0.886 bits per heavy atom. The van der Waals surface area contributed by atoms with E-state index in [0.29, 0.717) is 6.42 Å². The van der Waals surface area contributed by atoms with Crippen molar-refractivity contribution in [1.29, 1.82) is 0 Å². The number of rotatable bonds is 8. The lowest BCUT2D eigenvalue weighted by Crippen LogP contribution is -2.00. The van der Waals surface area contributed by atoms with Crippen molar-refractivity contribution in [2.45, 2.75) is 16.2 Å². The van der Waals surface area contributed by atoms with Crippen molar-refractivity contribution in [3.8, 4) is 0 Å². The zero-order valence-electron chi connectivity index (χ0n) is 18.9. The minimum Gasteiger partial charge on any atom is -0.219 e. The lowest BCUT2D eigenvalue weighted by molar-refractivity contribution is 0.603. The quantitative estimate of drug-likeness (QED) is 0.290. The van der Waals surface area contributed by atoms with E-state index < -0.39 is 19.7 Å². The van der Waals surface area contributed by atoms with Crippen LogP contribution in [0.25, 0.3) is 12.2 Å². The van der Waals surface area contributed by atoms with E-state index in [1.54, 1.807) is 48.6 Å². The van der Waals surface area contributed by atoms with Crippen molar-refractivity contribution in [3.63, 3.8) is 0 Å². The molecule has 6 heteroatoms. The van der Waals surface area contributed by atoms with Gasteiger partial charge in [0.2, 0.25) is 0 Å². The van der Waals surface area contributed by atoms with Gasteiger partial charge in [-0.25, -0.2) is 16.8 Å². The van der Waals surface area contributed by atoms with Gasteiger partial charge in [0.25, 0.3) is 0 Å². The number of benzene rings is 4. The summed E-state index contributed by atoms with van der Waals surface area (Å²) in [5.41, 5.74) is 3.14. The summed E-state index contributed by atoms with van der Waals surface area (Å²) in [5, 5.41) is 2.40. The minimum absolute atomic E-state index is 0.191. The molecule has 0 aliphatic heterocycles. The molecule has 0 aliphatic carbocycles. The SMILES string of the molecule is O=S(=O)(/C=C/c1ccccc1)c1cccc(Cc2cccc(S(=O)(=O)/C=C/c3ccccc3)c2)c1. The molecule has 0 fully saturated rings. The summed E-state index contributed by atoms with van der Waals surface area (Å²) >= 11 is 0. The van der Waals surface area contributed by atoms with Gasteiger partial charge in [0.1, 0.15) is 0 Å². The van der Waals surface area contributed by atoms with Gasteiger partial charge in [-0.05, 0) is 65.1 Å². The Morgan fingerprint density at radius 1 is 0.486 bits per heavy atom. The van der Waals surface area contributed by atoms with Crippen LogP contribution < -0.4 is 0 Å². The van der Waals surface area contributed by atoms with E-state index in [4.69, 9.17) is 0 Å². The molecule has 0 heterocycles. The summed E-state index contributed by atoms with van der Waals surface area (Å²) in [6.45, 7) is 0. The molecular formula is C29H24O4S2. The van der Waals surface area contributed by atoms with Crippen LogP contribution in [0.4, 0.5) is 0 Å². The van der Waals surface area contributed by atoms with Crippen molar-refractivity contribution >= 4 is 31.8 Å². The van der Waals surface area contributed by atoms with Gasteiger partial charge >= 0.3 is 0 Å². The van der Waals surface area contributed by atoms with E-state index in [0.717, 1.165) is 22.3 Å². The molecule has 0 atom stereocenters. The Morgan fingerprint density at radius 3 is 1.29 bits per heavy atom. The fraction of sp³-hybridized carbons (Fsp3) is 0.0345. The smallest absolute Gasteiger partial charge is 0.199 e. The highest BCUT2D eigenvalue weighted by atomic mass is 32.2. The van der Waals surface area contributed by atoms with Gasteiger partial charge in [0, 0.05) is 10.8 Å². The Hall–Kier alpha value is -3.74. The first kappa shape index (κ1) is 24.4. The van der Waals surface area contributed by atoms with Gasteiger partial charge in [-0.15, -0.1) is 0 Å². The zero-order chi connectivity index (χ0) is 24.7. The van der Waals surface area contributed by atoms with Crippen LogP contribution in [0.1, 0.15) is 22.3 Å². The molecule has 0 radical (unpaired) electrons. The molecule has 0 N–H and O–H groups in total. The Bertz CT molecular complexity index is 1450. The second kappa shape index (κ2) is 10.7. The molecule has 0 bridgehead atoms. The lowest BCUT2D eigenvalue weighted by atomic mass is 10.1. The molecule has 4 aromatic rings. The third-order valence-corrected chi connectivity index (χ3v) is 8.15. The fourth-order valence-electron chi connectivity index (χ4n) is 3.52. The summed E-state index contributed by atoms with van der Waals surface area (Å²) in [4.78, 5) is 0.383. The van der Waals surface area contributed by atoms with E-state index in [-0.39, 0.29) is 9.79 Å². The second-order valence-electron chi connectivity index (χ2n) is 7.99. The van der Waals surface area contributed by atoms with Crippen molar-refractivity contribution < 1.29 is 16.8 Å². The number of hydrogen-bond donors (Lipinski definition) is 0. The maximum atomic E-state index is 12.8. The highest BCUT2D eigenvalue weighted by Gasteiger charge is 2.13. The minimum atomic E-state index is -3.62. The fourth-order valence-corrected chi connectivity index (χ4v) is 5.68. The van der Waals surface area contributed by atoms with Gasteiger partial charge < -0.3 is 0 Å². The number of hydrogen-bond acceptors (Lipinski definition) is 4. The molecule has 0 spiro atoms. The number of sulfone groups is 2. The lowest BCUT2D eigenvalue weighted by Gasteiger charge is -2.07. The first-order chi connectivity index (χ1) is 16.8. The van der Waals surface area contributed by atoms with E-state index >= 15 is 0 Å². The molecule has 176 valence electrons. The predicted molar refractivity (Wildman–Crippen MR) is 141 cm³/mol. The Labute approximate surface area is 206 Å². The van der Waals surface area contributed by atoms with Crippen LogP contribution >= 0.6 is 0 Å². The van der Waals surface area contributed by atoms with E-state index in [1.165, 1.54) is 10.8 Å². The molecule has 0 saturated heterocycles. The molecule has 0 amide bonds. The zero-order valence-corrected chi connectivity index (χ0v) is 20.5. The molecule has 0 saturated carbocycles. The molecule has 4 nitrogen and oxygen atoms in total. The predicted octanol–water partition coefficient (Wildman–Crippen LogP) is 6.17. The first-order valence-corrected chi connectivity index (χ1v) is 14.1. The second-order valence-corrected chi connectivity index (χ2v) is 11.7. The van der Waals surface area contributed by atoms with Crippen LogP contribution in [0.15, 0.2) is 130 Å². The van der Waals surface area contributed by atoms with Crippen LogP contribution in [0.2, 0.25) is 0 Å². The molecule has 35 heavy (non-hydrogen) atoms. The first-order valence-electron chi connectivity index (χ1n) is 11.0. The Balaban J connectivity index is 1.53. The van der Waals surface area contributed by atoms with Crippen molar-refractivity contribution in [3.05, 3.63) is 142 Å². The van der Waals surface area contributed by atoms with E-state index in [1.807, 2.05) is 72.8 Å². The van der Waals surface area contributed by atoms with Crippen LogP contribution in [0.3, 0.4) is 0 Å². The molecular weight excluding hydrogens is 476 g/mol. The highest BCUT2D eigenvalue weighted by molar-refractivity contribution is 7.94. The largest absolute Gasteiger partial charge is 0.219 e. The van der Waals surface area contributed by atoms with Crippen molar-refractivity contribution in [2.75, 3.05) is 0 Å². The average Bonchev–Trinajstić information content (AvgIpc) is 2.88. The average molecular weight is 501 g/mol. The van der Waals surface area contributed by atoms with Crippen LogP contribution in [-0.4, -0.2) is 16.8 Å². The van der Waals surface area contributed by atoms with Gasteiger partial charge in [-0.1, -0.05) is 84.9 Å². The van der Waals surface area contributed by atoms with E-state index in [9.17, 15) is 16.8 Å². The van der Waals surface area contributed by atoms with Gasteiger partial charge in [-0.3, -0.25) is 0 Å². The molecule has 0 aliphatic rings. The third kappa shape index (κ3) is 6.66. The summed E-state index contributed by atoms with van der Waals surface area (Å²) in [6, 6.07) is 31.9. The van der Waals surface area contributed by atoms with Crippen LogP contribution in [-0.2, 0) is 26.1 Å². The summed E-state index contributed by atoms with van der Waals surface area (Å²) in [5.74, 6) is 0. The van der Waals surface area contributed by atoms with Gasteiger partial charge in [-0.2, -0.15) is 0 Å². The summed E-state index contributed by atoms with van der Waals surface area (Å²) in [7, 11) is -7.25. The standard InChI is InChI=1S/C29H24O4S2/c30-34(31,19-17-24-9-3-1-4-10-24)28-15-7-13-26(22-28)21-27-14-8-16-29(23-27)35(32,33)20-18-25-11-5-2-6-12-25/h1-20,22-23H,21H2/b19-17+,20-18+. The highest BCUT2D eigenvalue weighted by Crippen LogP contribution is 2.21. The topological polar surface area (TPSA) is 68.3 Å². The molecule has 0 aromatic heterocycles. The third-order valence-electron chi connectivity index (χ3n) is 5.34. The maximum Gasteiger partial charge on any atom is 0.199 e. The van der Waals surface area contributed by atoms with Gasteiger partial charge in [0.15, 0.2) is 19.7 Å². The van der Waals surface area contributed by atoms with Gasteiger partial charge in [0.05, 0.1) is 9.79 Å². The maximum absolute atomic E-state index is 12.8. The molecule has 0 unspecified atom stereocenters. The molecule has 4 aromatic carbocycles. The summed E-state index contributed by atoms with van der Waals surface area (Å²) < 4.78 is 51.2. The van der Waals surface area contributed by atoms with Crippen LogP contribution in [0, 0.1) is 0 Å².